The molecule has 15 heavy (non-hydrogen) atoms. The zero-order chi connectivity index (χ0) is 11.5. The Morgan fingerprint density at radius 1 is 1.27 bits per heavy atom. The van der Waals surface area contributed by atoms with Crippen molar-refractivity contribution in [1.82, 2.24) is 0 Å². The minimum absolute atomic E-state index is 0.0331. The van der Waals surface area contributed by atoms with Gasteiger partial charge >= 0.3 is 11.9 Å². The fourth-order valence-corrected chi connectivity index (χ4v) is 1.44. The summed E-state index contributed by atoms with van der Waals surface area (Å²) in [4.78, 5) is 33.6. The first-order valence-electron chi connectivity index (χ1n) is 4.31. The summed E-state index contributed by atoms with van der Waals surface area (Å²) in [6, 6.07) is 0. The van der Waals surface area contributed by atoms with Crippen molar-refractivity contribution in [3.05, 3.63) is 0 Å². The van der Waals surface area contributed by atoms with Crippen molar-refractivity contribution < 1.29 is 28.6 Å². The molecule has 84 valence electrons. The van der Waals surface area contributed by atoms with Crippen LogP contribution in [0.1, 0.15) is 0 Å². The number of rotatable bonds is 4. The molecule has 0 amide bonds. The highest BCUT2D eigenvalue weighted by Gasteiger charge is 2.54. The van der Waals surface area contributed by atoms with Gasteiger partial charge in [0.25, 0.3) is 0 Å². The van der Waals surface area contributed by atoms with Crippen molar-refractivity contribution in [3.63, 3.8) is 0 Å². The highest BCUT2D eigenvalue weighted by molar-refractivity contribution is 5.99. The summed E-state index contributed by atoms with van der Waals surface area (Å²) in [7, 11) is 2.30. The zero-order valence-electron chi connectivity index (χ0n) is 8.52. The van der Waals surface area contributed by atoms with Gasteiger partial charge in [-0.15, -0.1) is 0 Å². The van der Waals surface area contributed by atoms with Gasteiger partial charge in [0, 0.05) is 0 Å². The van der Waals surface area contributed by atoms with E-state index in [-0.39, 0.29) is 13.2 Å². The van der Waals surface area contributed by atoms with Gasteiger partial charge in [0.15, 0.2) is 5.92 Å². The molecule has 1 heterocycles. The van der Waals surface area contributed by atoms with E-state index in [0.717, 1.165) is 14.2 Å². The zero-order valence-corrected chi connectivity index (χ0v) is 8.52. The topological polar surface area (TPSA) is 78.9 Å². The summed E-state index contributed by atoms with van der Waals surface area (Å²) in [6.45, 7) is 0.0662. The average molecular weight is 216 g/mol. The predicted octanol–water partition coefficient (Wildman–Crippen LogP) is -0.836. The van der Waals surface area contributed by atoms with Crippen LogP contribution in [0.15, 0.2) is 0 Å². The Morgan fingerprint density at radius 2 is 1.73 bits per heavy atom. The van der Waals surface area contributed by atoms with Crippen LogP contribution in [0, 0.1) is 11.3 Å². The van der Waals surface area contributed by atoms with E-state index < -0.39 is 23.3 Å². The average Bonchev–Trinajstić information content (AvgIpc) is 2.21. The monoisotopic (exact) mass is 216 g/mol. The lowest BCUT2D eigenvalue weighted by Crippen LogP contribution is -2.55. The van der Waals surface area contributed by atoms with E-state index in [1.807, 2.05) is 0 Å². The van der Waals surface area contributed by atoms with Gasteiger partial charge in [-0.3, -0.25) is 9.59 Å². The molecule has 0 spiro atoms. The van der Waals surface area contributed by atoms with E-state index in [2.05, 4.69) is 9.47 Å². The number of methoxy groups -OCH3 is 2. The molecule has 0 radical (unpaired) electrons. The van der Waals surface area contributed by atoms with Crippen molar-refractivity contribution in [1.29, 1.82) is 0 Å². The van der Waals surface area contributed by atoms with Crippen LogP contribution < -0.4 is 0 Å². The number of hydrogen-bond donors (Lipinski definition) is 0. The van der Waals surface area contributed by atoms with Crippen molar-refractivity contribution in [2.24, 2.45) is 11.3 Å². The summed E-state index contributed by atoms with van der Waals surface area (Å²) >= 11 is 0. The molecule has 0 aromatic heterocycles. The van der Waals surface area contributed by atoms with Gasteiger partial charge < -0.3 is 19.0 Å². The Hall–Kier alpha value is -1.43. The number of esters is 2. The molecule has 0 unspecified atom stereocenters. The summed E-state index contributed by atoms with van der Waals surface area (Å²) in [5.41, 5.74) is -1.12. The molecule has 0 atom stereocenters. The Bertz CT molecular complexity index is 264. The van der Waals surface area contributed by atoms with Crippen LogP contribution in [0.4, 0.5) is 0 Å². The second-order valence-electron chi connectivity index (χ2n) is 3.32. The normalized spacial score (nSPS) is 17.8. The number of carbonyl (C=O) groups excluding carboxylic acids is 3. The van der Waals surface area contributed by atoms with Crippen molar-refractivity contribution in [3.8, 4) is 0 Å². The molecule has 1 fully saturated rings. The number of ether oxygens (including phenoxy) is 3. The number of carbonyl (C=O) groups is 3. The molecule has 0 aromatic rings. The Balaban J connectivity index is 2.94. The van der Waals surface area contributed by atoms with Gasteiger partial charge in [-0.25, -0.2) is 0 Å². The molecule has 0 bridgehead atoms. The number of aldehydes is 1. The van der Waals surface area contributed by atoms with Crippen molar-refractivity contribution in [2.75, 3.05) is 27.4 Å². The SMILES string of the molecule is COC(=O)C(C(=O)OC)C1(C=O)COC1. The van der Waals surface area contributed by atoms with Gasteiger partial charge in [0.1, 0.15) is 6.29 Å². The quantitative estimate of drug-likeness (QED) is 0.346. The molecule has 0 N–H and O–H groups in total. The fourth-order valence-electron chi connectivity index (χ4n) is 1.44. The van der Waals surface area contributed by atoms with Crippen LogP contribution in [0.2, 0.25) is 0 Å². The summed E-state index contributed by atoms with van der Waals surface area (Å²) in [5, 5.41) is 0. The predicted molar refractivity (Wildman–Crippen MR) is 46.8 cm³/mol. The van der Waals surface area contributed by atoms with E-state index >= 15 is 0 Å². The lowest BCUT2D eigenvalue weighted by molar-refractivity contribution is -0.189. The Labute approximate surface area is 86.5 Å². The largest absolute Gasteiger partial charge is 0.468 e. The standard InChI is InChI=1S/C9H12O6/c1-13-7(11)6(8(12)14-2)9(3-10)4-15-5-9/h3,6H,4-5H2,1-2H3. The number of hydrogen-bond acceptors (Lipinski definition) is 6. The first-order valence-corrected chi connectivity index (χ1v) is 4.31. The van der Waals surface area contributed by atoms with Crippen LogP contribution in [0.25, 0.3) is 0 Å². The summed E-state index contributed by atoms with van der Waals surface area (Å²) < 4.78 is 13.8. The molecule has 1 aliphatic rings. The van der Waals surface area contributed by atoms with Gasteiger partial charge in [-0.05, 0) is 0 Å². The third-order valence-corrected chi connectivity index (χ3v) is 2.42. The van der Waals surface area contributed by atoms with Gasteiger partial charge in [0.2, 0.25) is 0 Å². The van der Waals surface area contributed by atoms with Crippen LogP contribution in [-0.4, -0.2) is 45.7 Å². The molecular weight excluding hydrogens is 204 g/mol. The van der Waals surface area contributed by atoms with Gasteiger partial charge in [0.05, 0.1) is 32.8 Å². The molecule has 6 nitrogen and oxygen atoms in total. The highest BCUT2D eigenvalue weighted by atomic mass is 16.5. The molecule has 0 saturated carbocycles. The molecule has 1 aliphatic heterocycles. The molecule has 0 aromatic carbocycles. The van der Waals surface area contributed by atoms with Gasteiger partial charge in [-0.1, -0.05) is 0 Å². The molecule has 1 saturated heterocycles. The van der Waals surface area contributed by atoms with E-state index in [0.29, 0.717) is 6.29 Å². The third kappa shape index (κ3) is 1.85. The Morgan fingerprint density at radius 3 is 1.93 bits per heavy atom. The molecule has 6 heteroatoms. The van der Waals surface area contributed by atoms with Gasteiger partial charge in [-0.2, -0.15) is 0 Å². The molecule has 1 rings (SSSR count). The third-order valence-electron chi connectivity index (χ3n) is 2.42. The first kappa shape index (κ1) is 11.6. The van der Waals surface area contributed by atoms with Crippen LogP contribution in [-0.2, 0) is 28.6 Å². The lowest BCUT2D eigenvalue weighted by atomic mass is 9.74. The second kappa shape index (κ2) is 4.39. The lowest BCUT2D eigenvalue weighted by Gasteiger charge is -2.39. The smallest absolute Gasteiger partial charge is 0.321 e. The van der Waals surface area contributed by atoms with E-state index in [1.54, 1.807) is 0 Å². The van der Waals surface area contributed by atoms with Crippen LogP contribution >= 0.6 is 0 Å². The summed E-state index contributed by atoms with van der Waals surface area (Å²) in [6.07, 6.45) is 0.551. The second-order valence-corrected chi connectivity index (χ2v) is 3.32. The van der Waals surface area contributed by atoms with Crippen molar-refractivity contribution in [2.45, 2.75) is 0 Å². The minimum Gasteiger partial charge on any atom is -0.468 e. The van der Waals surface area contributed by atoms with Crippen molar-refractivity contribution >= 4 is 18.2 Å². The van der Waals surface area contributed by atoms with E-state index in [4.69, 9.17) is 4.74 Å². The molecule has 0 aliphatic carbocycles. The molecular formula is C9H12O6. The van der Waals surface area contributed by atoms with Crippen LogP contribution in [0.3, 0.4) is 0 Å². The first-order chi connectivity index (χ1) is 7.11. The fraction of sp³-hybridized carbons (Fsp3) is 0.667. The van der Waals surface area contributed by atoms with Crippen LogP contribution in [0.5, 0.6) is 0 Å². The van der Waals surface area contributed by atoms with E-state index in [9.17, 15) is 14.4 Å². The maximum Gasteiger partial charge on any atom is 0.321 e. The highest BCUT2D eigenvalue weighted by Crippen LogP contribution is 2.35. The van der Waals surface area contributed by atoms with E-state index in [1.165, 1.54) is 0 Å². The summed E-state index contributed by atoms with van der Waals surface area (Å²) in [5.74, 6) is -2.80. The Kier molecular flexibility index (Phi) is 3.41. The minimum atomic E-state index is -1.24. The maximum atomic E-state index is 11.4. The maximum absolute atomic E-state index is 11.4.